The van der Waals surface area contributed by atoms with Gasteiger partial charge >= 0.3 is 0 Å². The Morgan fingerprint density at radius 3 is 2.50 bits per heavy atom. The number of rotatable bonds is 2. The zero-order chi connectivity index (χ0) is 14.0. The Balaban J connectivity index is 3.18. The van der Waals surface area contributed by atoms with E-state index in [4.69, 9.17) is 5.11 Å². The van der Waals surface area contributed by atoms with Crippen molar-refractivity contribution in [1.82, 2.24) is 0 Å². The van der Waals surface area contributed by atoms with Crippen molar-refractivity contribution in [3.63, 3.8) is 0 Å². The second kappa shape index (κ2) is 5.41. The van der Waals surface area contributed by atoms with Gasteiger partial charge in [0, 0.05) is 12.0 Å². The van der Waals surface area contributed by atoms with Gasteiger partial charge in [0.25, 0.3) is 0 Å². The Hall–Kier alpha value is -0.860. The molecule has 102 valence electrons. The minimum Gasteiger partial charge on any atom is -0.393 e. The molecule has 0 radical (unpaired) electrons. The van der Waals surface area contributed by atoms with Crippen LogP contribution < -0.4 is 0 Å². The van der Waals surface area contributed by atoms with E-state index in [2.05, 4.69) is 5.73 Å². The van der Waals surface area contributed by atoms with Gasteiger partial charge in [-0.3, -0.25) is 0 Å². The molecule has 3 N–H and O–H groups in total. The molecule has 0 spiro atoms. The van der Waals surface area contributed by atoms with E-state index in [9.17, 15) is 10.2 Å². The van der Waals surface area contributed by atoms with Crippen molar-refractivity contribution in [2.45, 2.75) is 52.2 Å². The average molecular weight is 252 g/mol. The molecule has 0 aromatic carbocycles. The van der Waals surface area contributed by atoms with Crippen LogP contribution in [0.15, 0.2) is 29.0 Å². The molecule has 3 heteroatoms. The topological polar surface area (TPSA) is 60.7 Å². The molecular formula is C15H24O3. The van der Waals surface area contributed by atoms with E-state index in [-0.39, 0.29) is 12.0 Å². The van der Waals surface area contributed by atoms with Crippen LogP contribution in [0.1, 0.15) is 40.5 Å². The molecule has 2 atom stereocenters. The standard InChI is InChI=1S/C15H24O3/c1-11(7-8-16)5-6-13-14(2,3)9-12(17)10-15(13,4)18/h5,7,12,16-18H,8-10H2,1-4H3/b11-7+/t6?,12-,15+/m0/s1. The molecule has 0 aromatic heterocycles. The normalized spacial score (nSPS) is 32.1. The molecule has 0 amide bonds. The summed E-state index contributed by atoms with van der Waals surface area (Å²) in [4.78, 5) is 0. The fraction of sp³-hybridized carbons (Fsp3) is 0.667. The van der Waals surface area contributed by atoms with Crippen LogP contribution in [0.2, 0.25) is 0 Å². The van der Waals surface area contributed by atoms with Gasteiger partial charge in [0.2, 0.25) is 0 Å². The van der Waals surface area contributed by atoms with Gasteiger partial charge in [-0.15, -0.1) is 5.73 Å². The second-order valence-corrected chi connectivity index (χ2v) is 6.01. The predicted molar refractivity (Wildman–Crippen MR) is 72.1 cm³/mol. The van der Waals surface area contributed by atoms with Crippen LogP contribution in [0.25, 0.3) is 0 Å². The van der Waals surface area contributed by atoms with E-state index in [0.29, 0.717) is 12.8 Å². The minimum atomic E-state index is -1.03. The Kier molecular flexibility index (Phi) is 4.57. The molecule has 1 aliphatic rings. The highest BCUT2D eigenvalue weighted by atomic mass is 16.3. The number of aliphatic hydroxyl groups is 3. The first-order valence-electron chi connectivity index (χ1n) is 6.35. The first kappa shape index (κ1) is 15.2. The second-order valence-electron chi connectivity index (χ2n) is 6.01. The lowest BCUT2D eigenvalue weighted by Crippen LogP contribution is -2.45. The molecule has 0 aromatic rings. The van der Waals surface area contributed by atoms with Gasteiger partial charge in [0.15, 0.2) is 0 Å². The summed E-state index contributed by atoms with van der Waals surface area (Å²) >= 11 is 0. The highest BCUT2D eigenvalue weighted by molar-refractivity contribution is 5.29. The quantitative estimate of drug-likeness (QED) is 0.520. The largest absolute Gasteiger partial charge is 0.393 e. The molecule has 0 aliphatic heterocycles. The summed E-state index contributed by atoms with van der Waals surface area (Å²) in [7, 11) is 0. The summed E-state index contributed by atoms with van der Waals surface area (Å²) in [6.07, 6.45) is 3.96. The fourth-order valence-electron chi connectivity index (χ4n) is 2.79. The first-order valence-corrected chi connectivity index (χ1v) is 6.35. The molecular weight excluding hydrogens is 228 g/mol. The van der Waals surface area contributed by atoms with Crippen LogP contribution >= 0.6 is 0 Å². The maximum Gasteiger partial charge on any atom is 0.0931 e. The van der Waals surface area contributed by atoms with Crippen LogP contribution in [-0.2, 0) is 0 Å². The van der Waals surface area contributed by atoms with Crippen molar-refractivity contribution in [2.75, 3.05) is 6.61 Å². The highest BCUT2D eigenvalue weighted by Gasteiger charge is 2.44. The Bertz CT molecular complexity index is 376. The van der Waals surface area contributed by atoms with E-state index in [0.717, 1.165) is 11.1 Å². The molecule has 0 unspecified atom stereocenters. The Morgan fingerprint density at radius 2 is 2.00 bits per heavy atom. The van der Waals surface area contributed by atoms with E-state index in [1.807, 2.05) is 20.8 Å². The van der Waals surface area contributed by atoms with Gasteiger partial charge in [0.1, 0.15) is 0 Å². The van der Waals surface area contributed by atoms with Crippen LogP contribution in [0.3, 0.4) is 0 Å². The van der Waals surface area contributed by atoms with Crippen molar-refractivity contribution < 1.29 is 15.3 Å². The smallest absolute Gasteiger partial charge is 0.0931 e. The summed E-state index contributed by atoms with van der Waals surface area (Å²) < 4.78 is 0. The molecule has 0 bridgehead atoms. The zero-order valence-corrected chi connectivity index (χ0v) is 11.7. The van der Waals surface area contributed by atoms with Gasteiger partial charge in [-0.1, -0.05) is 19.9 Å². The monoisotopic (exact) mass is 252 g/mol. The molecule has 1 aliphatic carbocycles. The van der Waals surface area contributed by atoms with E-state index < -0.39 is 11.7 Å². The summed E-state index contributed by atoms with van der Waals surface area (Å²) in [6, 6.07) is 0. The SMILES string of the molecule is C/C(C=C=C1C(C)(C)C[C@H](O)C[C@@]1(C)O)=C\CO. The number of hydrogen-bond donors (Lipinski definition) is 3. The van der Waals surface area contributed by atoms with Crippen LogP contribution in [0.4, 0.5) is 0 Å². The fourth-order valence-corrected chi connectivity index (χ4v) is 2.79. The molecule has 1 saturated carbocycles. The predicted octanol–water partition coefficient (Wildman–Crippen LogP) is 1.94. The number of allylic oxidation sites excluding steroid dienone is 1. The molecule has 0 heterocycles. The average Bonchev–Trinajstić information content (AvgIpc) is 2.12. The van der Waals surface area contributed by atoms with Crippen molar-refractivity contribution >= 4 is 0 Å². The van der Waals surface area contributed by atoms with Crippen LogP contribution in [0.5, 0.6) is 0 Å². The highest BCUT2D eigenvalue weighted by Crippen LogP contribution is 2.45. The first-order chi connectivity index (χ1) is 8.19. The Morgan fingerprint density at radius 1 is 1.39 bits per heavy atom. The van der Waals surface area contributed by atoms with Gasteiger partial charge in [-0.05, 0) is 37.3 Å². The number of aliphatic hydroxyl groups excluding tert-OH is 2. The van der Waals surface area contributed by atoms with Crippen LogP contribution in [0, 0.1) is 5.41 Å². The Labute approximate surface area is 109 Å². The third-order valence-electron chi connectivity index (χ3n) is 3.45. The molecule has 1 fully saturated rings. The lowest BCUT2D eigenvalue weighted by atomic mass is 9.65. The van der Waals surface area contributed by atoms with E-state index >= 15 is 0 Å². The van der Waals surface area contributed by atoms with Crippen molar-refractivity contribution in [3.05, 3.63) is 29.0 Å². The molecule has 0 saturated heterocycles. The number of hydrogen-bond acceptors (Lipinski definition) is 3. The molecule has 3 nitrogen and oxygen atoms in total. The summed E-state index contributed by atoms with van der Waals surface area (Å²) in [6.45, 7) is 7.61. The maximum absolute atomic E-state index is 10.4. The van der Waals surface area contributed by atoms with Crippen LogP contribution in [-0.4, -0.2) is 33.6 Å². The maximum atomic E-state index is 10.4. The van der Waals surface area contributed by atoms with Gasteiger partial charge < -0.3 is 15.3 Å². The van der Waals surface area contributed by atoms with Gasteiger partial charge in [0.05, 0.1) is 18.3 Å². The van der Waals surface area contributed by atoms with Crippen molar-refractivity contribution in [3.8, 4) is 0 Å². The summed E-state index contributed by atoms with van der Waals surface area (Å²) in [5, 5.41) is 29.0. The summed E-state index contributed by atoms with van der Waals surface area (Å²) in [5.41, 5.74) is 3.56. The van der Waals surface area contributed by atoms with Crippen molar-refractivity contribution in [2.24, 2.45) is 5.41 Å². The third kappa shape index (κ3) is 3.56. The van der Waals surface area contributed by atoms with E-state index in [1.165, 1.54) is 0 Å². The zero-order valence-electron chi connectivity index (χ0n) is 11.7. The van der Waals surface area contributed by atoms with Gasteiger partial charge in [-0.2, -0.15) is 0 Å². The summed E-state index contributed by atoms with van der Waals surface area (Å²) in [5.74, 6) is 0. The molecule has 1 rings (SSSR count). The minimum absolute atomic E-state index is 0.00214. The third-order valence-corrected chi connectivity index (χ3v) is 3.45. The van der Waals surface area contributed by atoms with E-state index in [1.54, 1.807) is 19.1 Å². The lowest BCUT2D eigenvalue weighted by Gasteiger charge is -2.43. The van der Waals surface area contributed by atoms with Crippen molar-refractivity contribution in [1.29, 1.82) is 0 Å². The van der Waals surface area contributed by atoms with Gasteiger partial charge in [-0.25, -0.2) is 0 Å². The lowest BCUT2D eigenvalue weighted by molar-refractivity contribution is -0.0268. The molecule has 18 heavy (non-hydrogen) atoms.